The first-order chi connectivity index (χ1) is 11.8. The highest BCUT2D eigenvalue weighted by Gasteiger charge is 2.39. The molecule has 0 radical (unpaired) electrons. The maximum Gasteiger partial charge on any atom is 0.237 e. The fourth-order valence-corrected chi connectivity index (χ4v) is 3.62. The third kappa shape index (κ3) is 3.71. The summed E-state index contributed by atoms with van der Waals surface area (Å²) in [5.41, 5.74) is 2.05. The van der Waals surface area contributed by atoms with Gasteiger partial charge in [0.15, 0.2) is 11.5 Å². The highest BCUT2D eigenvalue weighted by molar-refractivity contribution is 5.82. The monoisotopic (exact) mass is 349 g/mol. The van der Waals surface area contributed by atoms with Crippen molar-refractivity contribution < 1.29 is 19.1 Å². The number of ether oxygens (including phenoxy) is 2. The van der Waals surface area contributed by atoms with Gasteiger partial charge in [0.05, 0.1) is 26.3 Å². The van der Waals surface area contributed by atoms with E-state index in [1.807, 2.05) is 31.0 Å². The van der Waals surface area contributed by atoms with E-state index in [4.69, 9.17) is 9.47 Å². The standard InChI is InChI=1S/C18H27N3O4/c1-10(20-11(2)22)17-13-9-16(25-6)15(24-5)8-12(13)7-14(21(17)4)18(23)19-3/h8-10,14,17H,7H2,1-6H3,(H,19,23)(H,20,22)/t10-,14-,17+/m0/s1. The minimum Gasteiger partial charge on any atom is -0.493 e. The van der Waals surface area contributed by atoms with E-state index in [2.05, 4.69) is 10.6 Å². The van der Waals surface area contributed by atoms with Crippen molar-refractivity contribution in [3.63, 3.8) is 0 Å². The molecule has 2 rings (SSSR count). The molecule has 1 aromatic carbocycles. The summed E-state index contributed by atoms with van der Waals surface area (Å²) in [7, 11) is 6.72. The van der Waals surface area contributed by atoms with Crippen LogP contribution in [-0.4, -0.2) is 57.1 Å². The lowest BCUT2D eigenvalue weighted by Gasteiger charge is -2.43. The highest BCUT2D eigenvalue weighted by Crippen LogP contribution is 2.40. The summed E-state index contributed by atoms with van der Waals surface area (Å²) >= 11 is 0. The van der Waals surface area contributed by atoms with Gasteiger partial charge in [-0.2, -0.15) is 0 Å². The third-order valence-corrected chi connectivity index (χ3v) is 4.76. The SMILES string of the molecule is CNC(=O)[C@@H]1Cc2cc(OC)c(OC)cc2[C@@H]([C@H](C)NC(C)=O)N1C. The Morgan fingerprint density at radius 2 is 1.84 bits per heavy atom. The molecule has 0 fully saturated rings. The second kappa shape index (κ2) is 7.74. The molecule has 0 aliphatic carbocycles. The largest absolute Gasteiger partial charge is 0.493 e. The average molecular weight is 349 g/mol. The van der Waals surface area contributed by atoms with Gasteiger partial charge in [0.1, 0.15) is 0 Å². The molecule has 0 unspecified atom stereocenters. The van der Waals surface area contributed by atoms with Crippen molar-refractivity contribution in [2.24, 2.45) is 0 Å². The van der Waals surface area contributed by atoms with Crippen LogP contribution in [0.25, 0.3) is 0 Å². The van der Waals surface area contributed by atoms with E-state index < -0.39 is 0 Å². The van der Waals surface area contributed by atoms with Crippen molar-refractivity contribution in [3.8, 4) is 11.5 Å². The molecule has 2 amide bonds. The number of likely N-dealkylation sites (N-methyl/N-ethyl adjacent to an activating group) is 2. The lowest BCUT2D eigenvalue weighted by molar-refractivity contribution is -0.127. The molecule has 138 valence electrons. The molecule has 2 N–H and O–H groups in total. The zero-order valence-corrected chi connectivity index (χ0v) is 15.7. The first-order valence-corrected chi connectivity index (χ1v) is 8.29. The molecular formula is C18H27N3O4. The lowest BCUT2D eigenvalue weighted by atomic mass is 9.84. The van der Waals surface area contributed by atoms with Crippen LogP contribution in [0.3, 0.4) is 0 Å². The number of benzene rings is 1. The Balaban J connectivity index is 2.56. The van der Waals surface area contributed by atoms with E-state index in [-0.39, 0.29) is 29.9 Å². The van der Waals surface area contributed by atoms with E-state index in [1.54, 1.807) is 21.3 Å². The molecule has 0 aromatic heterocycles. The summed E-state index contributed by atoms with van der Waals surface area (Å²) in [5.74, 6) is 1.11. The van der Waals surface area contributed by atoms with Gasteiger partial charge in [-0.05, 0) is 43.7 Å². The fraction of sp³-hybridized carbons (Fsp3) is 0.556. The summed E-state index contributed by atoms with van der Waals surface area (Å²) < 4.78 is 10.8. The molecule has 0 saturated carbocycles. The van der Waals surface area contributed by atoms with Crippen LogP contribution < -0.4 is 20.1 Å². The van der Waals surface area contributed by atoms with E-state index in [1.165, 1.54) is 6.92 Å². The Bertz CT molecular complexity index is 662. The Morgan fingerprint density at radius 1 is 1.24 bits per heavy atom. The van der Waals surface area contributed by atoms with Gasteiger partial charge in [0, 0.05) is 20.0 Å². The first-order valence-electron chi connectivity index (χ1n) is 8.29. The fourth-order valence-electron chi connectivity index (χ4n) is 3.62. The molecule has 1 heterocycles. The van der Waals surface area contributed by atoms with Crippen LogP contribution in [0.1, 0.15) is 31.0 Å². The number of rotatable bonds is 5. The van der Waals surface area contributed by atoms with E-state index >= 15 is 0 Å². The summed E-state index contributed by atoms with van der Waals surface area (Å²) in [6, 6.07) is 3.21. The molecule has 0 spiro atoms. The number of nitrogens with zero attached hydrogens (tertiary/aromatic N) is 1. The maximum atomic E-state index is 12.4. The second-order valence-corrected chi connectivity index (χ2v) is 6.34. The minimum atomic E-state index is -0.322. The predicted octanol–water partition coefficient (Wildman–Crippen LogP) is 0.872. The molecule has 1 aliphatic rings. The Morgan fingerprint density at radius 3 is 2.36 bits per heavy atom. The number of nitrogens with one attached hydrogen (secondary N) is 2. The smallest absolute Gasteiger partial charge is 0.237 e. The number of fused-ring (bicyclic) bond motifs is 1. The third-order valence-electron chi connectivity index (χ3n) is 4.76. The predicted molar refractivity (Wildman–Crippen MR) is 94.9 cm³/mol. The zero-order valence-electron chi connectivity index (χ0n) is 15.7. The molecular weight excluding hydrogens is 322 g/mol. The number of methoxy groups -OCH3 is 2. The van der Waals surface area contributed by atoms with Crippen molar-refractivity contribution in [2.75, 3.05) is 28.3 Å². The molecule has 7 heteroatoms. The Kier molecular flexibility index (Phi) is 5.89. The maximum absolute atomic E-state index is 12.4. The van der Waals surface area contributed by atoms with Gasteiger partial charge in [-0.25, -0.2) is 0 Å². The summed E-state index contributed by atoms with van der Waals surface area (Å²) in [6.07, 6.45) is 0.565. The summed E-state index contributed by atoms with van der Waals surface area (Å²) in [6.45, 7) is 3.43. The minimum absolute atomic E-state index is 0.0528. The van der Waals surface area contributed by atoms with Crippen LogP contribution in [0.2, 0.25) is 0 Å². The van der Waals surface area contributed by atoms with Gasteiger partial charge in [0.25, 0.3) is 0 Å². The van der Waals surface area contributed by atoms with Crippen molar-refractivity contribution in [1.29, 1.82) is 0 Å². The van der Waals surface area contributed by atoms with Crippen molar-refractivity contribution >= 4 is 11.8 Å². The van der Waals surface area contributed by atoms with Gasteiger partial charge >= 0.3 is 0 Å². The van der Waals surface area contributed by atoms with Crippen LogP contribution in [0.5, 0.6) is 11.5 Å². The van der Waals surface area contributed by atoms with Crippen LogP contribution in [0.4, 0.5) is 0 Å². The van der Waals surface area contributed by atoms with E-state index in [0.29, 0.717) is 17.9 Å². The molecule has 0 bridgehead atoms. The first kappa shape index (κ1) is 19.1. The van der Waals surface area contributed by atoms with Crippen molar-refractivity contribution in [2.45, 2.75) is 38.4 Å². The van der Waals surface area contributed by atoms with Crippen LogP contribution >= 0.6 is 0 Å². The van der Waals surface area contributed by atoms with Gasteiger partial charge in [-0.3, -0.25) is 14.5 Å². The Hall–Kier alpha value is -2.28. The Labute approximate surface area is 148 Å². The molecule has 25 heavy (non-hydrogen) atoms. The lowest BCUT2D eigenvalue weighted by Crippen LogP contribution is -2.54. The van der Waals surface area contributed by atoms with Crippen LogP contribution in [0.15, 0.2) is 12.1 Å². The zero-order chi connectivity index (χ0) is 18.7. The molecule has 0 saturated heterocycles. The van der Waals surface area contributed by atoms with Gasteiger partial charge in [-0.15, -0.1) is 0 Å². The number of hydrogen-bond donors (Lipinski definition) is 2. The van der Waals surface area contributed by atoms with Crippen molar-refractivity contribution in [1.82, 2.24) is 15.5 Å². The number of carbonyl (C=O) groups excluding carboxylic acids is 2. The number of amides is 2. The van der Waals surface area contributed by atoms with Gasteiger partial charge in [-0.1, -0.05) is 0 Å². The second-order valence-electron chi connectivity index (χ2n) is 6.34. The molecule has 1 aromatic rings. The highest BCUT2D eigenvalue weighted by atomic mass is 16.5. The topological polar surface area (TPSA) is 79.9 Å². The van der Waals surface area contributed by atoms with Crippen molar-refractivity contribution in [3.05, 3.63) is 23.3 Å². The summed E-state index contributed by atoms with van der Waals surface area (Å²) in [5, 5.41) is 5.67. The van der Waals surface area contributed by atoms with Gasteiger partial charge < -0.3 is 20.1 Å². The quantitative estimate of drug-likeness (QED) is 0.825. The summed E-state index contributed by atoms with van der Waals surface area (Å²) in [4.78, 5) is 25.9. The van der Waals surface area contributed by atoms with E-state index in [0.717, 1.165) is 11.1 Å². The molecule has 3 atom stereocenters. The number of hydrogen-bond acceptors (Lipinski definition) is 5. The van der Waals surface area contributed by atoms with Gasteiger partial charge in [0.2, 0.25) is 11.8 Å². The molecule has 1 aliphatic heterocycles. The normalized spacial score (nSPS) is 21.0. The van der Waals surface area contributed by atoms with Crippen LogP contribution in [0, 0.1) is 0 Å². The van der Waals surface area contributed by atoms with Crippen LogP contribution in [-0.2, 0) is 16.0 Å². The molecule has 7 nitrogen and oxygen atoms in total. The average Bonchev–Trinajstić information content (AvgIpc) is 2.58. The van der Waals surface area contributed by atoms with E-state index in [9.17, 15) is 9.59 Å². The number of carbonyl (C=O) groups is 2.